The molecular formula is C11H12N2O. The maximum Gasteiger partial charge on any atom is 0.112 e. The first-order valence-corrected chi connectivity index (χ1v) is 4.88. The van der Waals surface area contributed by atoms with Gasteiger partial charge >= 0.3 is 0 Å². The molecule has 3 rings (SSSR count). The Hall–Kier alpha value is -1.35. The van der Waals surface area contributed by atoms with Crippen LogP contribution in [0.25, 0.3) is 11.0 Å². The minimum absolute atomic E-state index is 0.247. The Morgan fingerprint density at radius 2 is 2.36 bits per heavy atom. The summed E-state index contributed by atoms with van der Waals surface area (Å²) in [5, 5.41) is 9.49. The molecule has 2 heterocycles. The molecule has 1 aliphatic rings. The summed E-state index contributed by atoms with van der Waals surface area (Å²) < 4.78 is 2.11. The second kappa shape index (κ2) is 2.58. The molecule has 14 heavy (non-hydrogen) atoms. The van der Waals surface area contributed by atoms with Gasteiger partial charge in [-0.15, -0.1) is 0 Å². The Labute approximate surface area is 82.0 Å². The fourth-order valence-corrected chi connectivity index (χ4v) is 2.14. The monoisotopic (exact) mass is 188 g/mol. The van der Waals surface area contributed by atoms with E-state index in [1.165, 1.54) is 5.56 Å². The van der Waals surface area contributed by atoms with E-state index in [1.807, 2.05) is 0 Å². The predicted octanol–water partition coefficient (Wildman–Crippen LogP) is 1.26. The number of benzene rings is 1. The van der Waals surface area contributed by atoms with Gasteiger partial charge in [0.2, 0.25) is 0 Å². The first-order chi connectivity index (χ1) is 6.74. The summed E-state index contributed by atoms with van der Waals surface area (Å²) in [4.78, 5) is 4.51. The number of nitrogens with zero attached hydrogens (tertiary/aromatic N) is 2. The van der Waals surface area contributed by atoms with Crippen LogP contribution in [0.1, 0.15) is 11.4 Å². The quantitative estimate of drug-likeness (QED) is 0.676. The Bertz CT molecular complexity index is 501. The van der Waals surface area contributed by atoms with Crippen molar-refractivity contribution in [3.8, 4) is 0 Å². The van der Waals surface area contributed by atoms with Gasteiger partial charge in [0.25, 0.3) is 0 Å². The topological polar surface area (TPSA) is 38.0 Å². The molecule has 1 aromatic heterocycles. The van der Waals surface area contributed by atoms with E-state index in [0.717, 1.165) is 16.9 Å². The second-order valence-corrected chi connectivity index (χ2v) is 3.99. The van der Waals surface area contributed by atoms with E-state index < -0.39 is 0 Å². The molecule has 1 atom stereocenters. The lowest BCUT2D eigenvalue weighted by molar-refractivity contribution is 0.176. The van der Waals surface area contributed by atoms with Gasteiger partial charge in [0.05, 0.1) is 23.7 Å². The minimum Gasteiger partial charge on any atom is -0.391 e. The van der Waals surface area contributed by atoms with Crippen molar-refractivity contribution in [1.29, 1.82) is 0 Å². The third-order valence-electron chi connectivity index (χ3n) is 2.79. The van der Waals surface area contributed by atoms with E-state index in [2.05, 4.69) is 34.7 Å². The van der Waals surface area contributed by atoms with E-state index in [1.54, 1.807) is 0 Å². The van der Waals surface area contributed by atoms with Crippen LogP contribution in [0.2, 0.25) is 0 Å². The number of hydrogen-bond acceptors (Lipinski definition) is 2. The number of hydrogen-bond donors (Lipinski definition) is 1. The van der Waals surface area contributed by atoms with Crippen molar-refractivity contribution in [1.82, 2.24) is 9.55 Å². The molecule has 0 saturated carbocycles. The first kappa shape index (κ1) is 8.00. The van der Waals surface area contributed by atoms with Gasteiger partial charge in [-0.05, 0) is 24.6 Å². The molecule has 3 heteroatoms. The zero-order valence-electron chi connectivity index (χ0n) is 8.07. The number of fused-ring (bicyclic) bond motifs is 3. The van der Waals surface area contributed by atoms with Crippen LogP contribution < -0.4 is 0 Å². The van der Waals surface area contributed by atoms with Crippen molar-refractivity contribution < 1.29 is 5.11 Å². The van der Waals surface area contributed by atoms with Crippen LogP contribution in [0.15, 0.2) is 18.2 Å². The van der Waals surface area contributed by atoms with Gasteiger partial charge in [-0.3, -0.25) is 0 Å². The predicted molar refractivity (Wildman–Crippen MR) is 54.2 cm³/mol. The van der Waals surface area contributed by atoms with Gasteiger partial charge in [0.1, 0.15) is 5.82 Å². The number of imidazole rings is 1. The van der Waals surface area contributed by atoms with Crippen LogP contribution in [0.5, 0.6) is 0 Å². The standard InChI is InChI=1S/C11H12N2O/c1-7-2-3-10-9(4-7)12-11-5-8(14)6-13(10)11/h2-4,8,14H,5-6H2,1H3. The fraction of sp³-hybridized carbons (Fsp3) is 0.364. The highest BCUT2D eigenvalue weighted by Crippen LogP contribution is 2.23. The van der Waals surface area contributed by atoms with Gasteiger partial charge in [-0.1, -0.05) is 6.07 Å². The lowest BCUT2D eigenvalue weighted by Crippen LogP contribution is -2.07. The number of aromatic nitrogens is 2. The zero-order valence-corrected chi connectivity index (χ0v) is 8.07. The lowest BCUT2D eigenvalue weighted by atomic mass is 10.2. The summed E-state index contributed by atoms with van der Waals surface area (Å²) in [7, 11) is 0. The van der Waals surface area contributed by atoms with E-state index in [-0.39, 0.29) is 6.10 Å². The molecule has 0 aliphatic carbocycles. The summed E-state index contributed by atoms with van der Waals surface area (Å²) in [6, 6.07) is 6.26. The van der Waals surface area contributed by atoms with E-state index in [9.17, 15) is 5.11 Å². The molecular weight excluding hydrogens is 176 g/mol. The first-order valence-electron chi connectivity index (χ1n) is 4.88. The van der Waals surface area contributed by atoms with Gasteiger partial charge in [0.15, 0.2) is 0 Å². The molecule has 1 N–H and O–H groups in total. The number of rotatable bonds is 0. The van der Waals surface area contributed by atoms with Crippen molar-refractivity contribution >= 4 is 11.0 Å². The van der Waals surface area contributed by atoms with Crippen LogP contribution in [0, 0.1) is 6.92 Å². The van der Waals surface area contributed by atoms with Crippen LogP contribution in [0.3, 0.4) is 0 Å². The molecule has 0 spiro atoms. The summed E-state index contributed by atoms with van der Waals surface area (Å²) in [6.07, 6.45) is 0.441. The molecule has 2 aromatic rings. The molecule has 1 aromatic carbocycles. The number of aliphatic hydroxyl groups excluding tert-OH is 1. The molecule has 0 bridgehead atoms. The summed E-state index contributed by atoms with van der Waals surface area (Å²) >= 11 is 0. The summed E-state index contributed by atoms with van der Waals surface area (Å²) in [5.41, 5.74) is 3.42. The van der Waals surface area contributed by atoms with Crippen molar-refractivity contribution in [3.63, 3.8) is 0 Å². The van der Waals surface area contributed by atoms with Crippen molar-refractivity contribution in [2.45, 2.75) is 26.0 Å². The van der Waals surface area contributed by atoms with E-state index in [4.69, 9.17) is 0 Å². The molecule has 3 nitrogen and oxygen atoms in total. The average molecular weight is 188 g/mol. The summed E-state index contributed by atoms with van der Waals surface area (Å²) in [6.45, 7) is 2.76. The highest BCUT2D eigenvalue weighted by atomic mass is 16.3. The van der Waals surface area contributed by atoms with Crippen molar-refractivity contribution in [2.75, 3.05) is 0 Å². The van der Waals surface area contributed by atoms with Gasteiger partial charge in [0, 0.05) is 6.42 Å². The van der Waals surface area contributed by atoms with E-state index in [0.29, 0.717) is 13.0 Å². The molecule has 1 unspecified atom stereocenters. The molecule has 0 fully saturated rings. The third-order valence-corrected chi connectivity index (χ3v) is 2.79. The van der Waals surface area contributed by atoms with Crippen molar-refractivity contribution in [3.05, 3.63) is 29.6 Å². The Balaban J connectivity index is 2.28. The zero-order chi connectivity index (χ0) is 9.71. The maximum absolute atomic E-state index is 9.49. The van der Waals surface area contributed by atoms with Crippen LogP contribution in [-0.4, -0.2) is 20.8 Å². The van der Waals surface area contributed by atoms with Gasteiger partial charge in [-0.2, -0.15) is 0 Å². The van der Waals surface area contributed by atoms with Crippen molar-refractivity contribution in [2.24, 2.45) is 0 Å². The molecule has 0 radical (unpaired) electrons. The number of aryl methyl sites for hydroxylation is 1. The highest BCUT2D eigenvalue weighted by molar-refractivity contribution is 5.77. The molecule has 1 aliphatic heterocycles. The van der Waals surface area contributed by atoms with Crippen LogP contribution in [0.4, 0.5) is 0 Å². The Kier molecular flexibility index (Phi) is 1.47. The SMILES string of the molecule is Cc1ccc2c(c1)nc1n2CC(O)C1. The Morgan fingerprint density at radius 1 is 1.50 bits per heavy atom. The molecule has 0 saturated heterocycles. The van der Waals surface area contributed by atoms with Gasteiger partial charge in [-0.25, -0.2) is 4.98 Å². The largest absolute Gasteiger partial charge is 0.391 e. The highest BCUT2D eigenvalue weighted by Gasteiger charge is 2.22. The normalized spacial score (nSPS) is 20.3. The van der Waals surface area contributed by atoms with E-state index >= 15 is 0 Å². The summed E-state index contributed by atoms with van der Waals surface area (Å²) in [5.74, 6) is 1.01. The Morgan fingerprint density at radius 3 is 3.21 bits per heavy atom. The average Bonchev–Trinajstić information content (AvgIpc) is 2.59. The lowest BCUT2D eigenvalue weighted by Gasteiger charge is -2.00. The molecule has 72 valence electrons. The maximum atomic E-state index is 9.49. The van der Waals surface area contributed by atoms with Gasteiger partial charge < -0.3 is 9.67 Å². The van der Waals surface area contributed by atoms with Crippen LogP contribution in [-0.2, 0) is 13.0 Å². The number of aliphatic hydroxyl groups is 1. The second-order valence-electron chi connectivity index (χ2n) is 3.99. The minimum atomic E-state index is -0.247. The molecule has 0 amide bonds. The fourth-order valence-electron chi connectivity index (χ4n) is 2.14. The smallest absolute Gasteiger partial charge is 0.112 e. The van der Waals surface area contributed by atoms with Crippen LogP contribution >= 0.6 is 0 Å². The third kappa shape index (κ3) is 0.990.